The van der Waals surface area contributed by atoms with Crippen molar-refractivity contribution < 1.29 is 4.79 Å². The first-order valence-electron chi connectivity index (χ1n) is 8.23. The summed E-state index contributed by atoms with van der Waals surface area (Å²) in [6.45, 7) is 3.09. The number of nitrogen functional groups attached to an aromatic ring is 1. The van der Waals surface area contributed by atoms with Gasteiger partial charge < -0.3 is 10.3 Å². The number of hydrogen-bond donors (Lipinski definition) is 2. The SMILES string of the molecule is CCn1cc(-c2cc(N3CCCC3=O)n(C)n2)c2[nH]nc(N)c2c1=O. The van der Waals surface area contributed by atoms with E-state index in [9.17, 15) is 9.59 Å². The second-order valence-electron chi connectivity index (χ2n) is 6.15. The lowest BCUT2D eigenvalue weighted by molar-refractivity contribution is -0.117. The van der Waals surface area contributed by atoms with Crippen LogP contribution in [0.4, 0.5) is 11.6 Å². The summed E-state index contributed by atoms with van der Waals surface area (Å²) in [4.78, 5) is 26.3. The van der Waals surface area contributed by atoms with Crippen LogP contribution in [0.5, 0.6) is 0 Å². The zero-order chi connectivity index (χ0) is 17.7. The molecule has 3 N–H and O–H groups in total. The molecule has 1 aliphatic rings. The van der Waals surface area contributed by atoms with Gasteiger partial charge in [0.1, 0.15) is 11.2 Å². The number of nitrogens with one attached hydrogen (secondary N) is 1. The van der Waals surface area contributed by atoms with Crippen LogP contribution in [-0.4, -0.2) is 37.0 Å². The van der Waals surface area contributed by atoms with E-state index >= 15 is 0 Å². The highest BCUT2D eigenvalue weighted by molar-refractivity contribution is 5.99. The van der Waals surface area contributed by atoms with Crippen molar-refractivity contribution in [1.29, 1.82) is 0 Å². The molecule has 0 spiro atoms. The van der Waals surface area contributed by atoms with Crippen LogP contribution in [0.3, 0.4) is 0 Å². The van der Waals surface area contributed by atoms with Gasteiger partial charge in [0.15, 0.2) is 5.82 Å². The third-order valence-electron chi connectivity index (χ3n) is 4.65. The molecular weight excluding hydrogens is 322 g/mol. The van der Waals surface area contributed by atoms with E-state index in [4.69, 9.17) is 5.73 Å². The highest BCUT2D eigenvalue weighted by atomic mass is 16.2. The van der Waals surface area contributed by atoms with E-state index in [0.29, 0.717) is 36.1 Å². The molecule has 0 atom stereocenters. The fraction of sp³-hybridized carbons (Fsp3) is 0.375. The summed E-state index contributed by atoms with van der Waals surface area (Å²) in [6, 6.07) is 1.86. The molecular formula is C16H19N7O2. The number of H-pyrrole nitrogens is 1. The molecule has 9 nitrogen and oxygen atoms in total. The monoisotopic (exact) mass is 341 g/mol. The first-order chi connectivity index (χ1) is 12.0. The lowest BCUT2D eigenvalue weighted by Crippen LogP contribution is -2.25. The number of carbonyl (C=O) groups is 1. The van der Waals surface area contributed by atoms with Gasteiger partial charge in [-0.2, -0.15) is 10.2 Å². The van der Waals surface area contributed by atoms with Crippen molar-refractivity contribution in [3.63, 3.8) is 0 Å². The summed E-state index contributed by atoms with van der Waals surface area (Å²) in [7, 11) is 1.80. The number of aromatic amines is 1. The Morgan fingerprint density at radius 1 is 1.36 bits per heavy atom. The van der Waals surface area contributed by atoms with E-state index < -0.39 is 0 Å². The molecule has 0 saturated carbocycles. The van der Waals surface area contributed by atoms with Crippen molar-refractivity contribution in [1.82, 2.24) is 24.5 Å². The first kappa shape index (κ1) is 15.4. The first-order valence-corrected chi connectivity index (χ1v) is 8.23. The molecule has 1 aliphatic heterocycles. The van der Waals surface area contributed by atoms with Crippen molar-refractivity contribution in [2.24, 2.45) is 7.05 Å². The molecule has 3 aromatic rings. The van der Waals surface area contributed by atoms with E-state index in [1.807, 2.05) is 13.0 Å². The molecule has 25 heavy (non-hydrogen) atoms. The number of hydrogen-bond acceptors (Lipinski definition) is 5. The highest BCUT2D eigenvalue weighted by Crippen LogP contribution is 2.30. The zero-order valence-electron chi connectivity index (χ0n) is 14.1. The number of nitrogens with two attached hydrogens (primary N) is 1. The lowest BCUT2D eigenvalue weighted by atomic mass is 10.1. The molecule has 0 unspecified atom stereocenters. The van der Waals surface area contributed by atoms with Crippen LogP contribution in [0.15, 0.2) is 17.1 Å². The van der Waals surface area contributed by atoms with Gasteiger partial charge in [-0.25, -0.2) is 0 Å². The second-order valence-corrected chi connectivity index (χ2v) is 6.15. The average molecular weight is 341 g/mol. The smallest absolute Gasteiger partial charge is 0.263 e. The van der Waals surface area contributed by atoms with Gasteiger partial charge >= 0.3 is 0 Å². The maximum Gasteiger partial charge on any atom is 0.263 e. The van der Waals surface area contributed by atoms with E-state index in [1.54, 1.807) is 27.4 Å². The van der Waals surface area contributed by atoms with Crippen molar-refractivity contribution in [3.8, 4) is 11.3 Å². The number of amides is 1. The fourth-order valence-corrected chi connectivity index (χ4v) is 3.35. The van der Waals surface area contributed by atoms with Gasteiger partial charge in [-0.15, -0.1) is 0 Å². The Kier molecular flexibility index (Phi) is 3.38. The Morgan fingerprint density at radius 3 is 2.84 bits per heavy atom. The van der Waals surface area contributed by atoms with Crippen LogP contribution in [0, 0.1) is 0 Å². The molecule has 3 aromatic heterocycles. The molecule has 4 heterocycles. The van der Waals surface area contributed by atoms with Gasteiger partial charge in [0.25, 0.3) is 5.56 Å². The summed E-state index contributed by atoms with van der Waals surface area (Å²) in [5.41, 5.74) is 7.63. The quantitative estimate of drug-likeness (QED) is 0.733. The zero-order valence-corrected chi connectivity index (χ0v) is 14.1. The van der Waals surface area contributed by atoms with E-state index in [2.05, 4.69) is 15.3 Å². The molecule has 0 bridgehead atoms. The second kappa shape index (κ2) is 5.47. The molecule has 1 fully saturated rings. The molecule has 130 valence electrons. The topological polar surface area (TPSA) is 115 Å². The maximum absolute atomic E-state index is 12.5. The van der Waals surface area contributed by atoms with Crippen LogP contribution in [-0.2, 0) is 18.4 Å². The normalized spacial score (nSPS) is 14.8. The molecule has 1 saturated heterocycles. The minimum absolute atomic E-state index is 0.101. The maximum atomic E-state index is 12.5. The number of nitrogens with zero attached hydrogens (tertiary/aromatic N) is 5. The summed E-state index contributed by atoms with van der Waals surface area (Å²) in [6.07, 6.45) is 3.16. The van der Waals surface area contributed by atoms with Gasteiger partial charge in [-0.1, -0.05) is 0 Å². The minimum atomic E-state index is -0.182. The molecule has 0 aromatic carbocycles. The standard InChI is InChI=1S/C16H19N7O2/c1-3-22-8-9(14-13(16(22)25)15(17)19-18-14)10-7-11(21(2)20-10)23-6-4-5-12(23)24/h7-8H,3-6H2,1-2H3,(H3,17,18,19). The number of anilines is 2. The Balaban J connectivity index is 1.92. The Bertz CT molecular complexity index is 1040. The summed E-state index contributed by atoms with van der Waals surface area (Å²) >= 11 is 0. The minimum Gasteiger partial charge on any atom is -0.382 e. The van der Waals surface area contributed by atoms with Crippen molar-refractivity contribution in [2.45, 2.75) is 26.3 Å². The number of aromatic nitrogens is 5. The van der Waals surface area contributed by atoms with Gasteiger partial charge in [0.05, 0.1) is 11.2 Å². The van der Waals surface area contributed by atoms with Crippen molar-refractivity contribution >= 4 is 28.4 Å². The Labute approximate surface area is 143 Å². The van der Waals surface area contributed by atoms with Crippen molar-refractivity contribution in [2.75, 3.05) is 17.2 Å². The van der Waals surface area contributed by atoms with Gasteiger partial charge in [0, 0.05) is 44.4 Å². The molecule has 0 aliphatic carbocycles. The third kappa shape index (κ3) is 2.23. The van der Waals surface area contributed by atoms with E-state index in [0.717, 1.165) is 17.8 Å². The number of carbonyl (C=O) groups excluding carboxylic acids is 1. The summed E-state index contributed by atoms with van der Waals surface area (Å²) < 4.78 is 3.27. The van der Waals surface area contributed by atoms with Crippen LogP contribution >= 0.6 is 0 Å². The Hall–Kier alpha value is -3.10. The number of rotatable bonds is 3. The molecule has 1 amide bonds. The van der Waals surface area contributed by atoms with Crippen LogP contribution in [0.25, 0.3) is 22.2 Å². The molecule has 9 heteroatoms. The van der Waals surface area contributed by atoms with Gasteiger partial charge in [-0.05, 0) is 13.3 Å². The predicted molar refractivity (Wildman–Crippen MR) is 94.2 cm³/mol. The fourth-order valence-electron chi connectivity index (χ4n) is 3.35. The van der Waals surface area contributed by atoms with Crippen LogP contribution < -0.4 is 16.2 Å². The number of pyridine rings is 1. The van der Waals surface area contributed by atoms with Crippen LogP contribution in [0.1, 0.15) is 19.8 Å². The predicted octanol–water partition coefficient (Wildman–Crippen LogP) is 0.854. The molecule has 0 radical (unpaired) electrons. The summed E-state index contributed by atoms with van der Waals surface area (Å²) in [5, 5.41) is 11.7. The Morgan fingerprint density at radius 2 is 2.16 bits per heavy atom. The summed E-state index contributed by atoms with van der Waals surface area (Å²) in [5.74, 6) is 1.02. The lowest BCUT2D eigenvalue weighted by Gasteiger charge is -2.14. The molecule has 4 rings (SSSR count). The number of aryl methyl sites for hydroxylation is 2. The number of fused-ring (bicyclic) bond motifs is 1. The average Bonchev–Trinajstić information content (AvgIpc) is 3.27. The third-order valence-corrected chi connectivity index (χ3v) is 4.65. The highest BCUT2D eigenvalue weighted by Gasteiger charge is 2.26. The van der Waals surface area contributed by atoms with Gasteiger partial charge in [0.2, 0.25) is 5.91 Å². The van der Waals surface area contributed by atoms with Crippen LogP contribution in [0.2, 0.25) is 0 Å². The van der Waals surface area contributed by atoms with Gasteiger partial charge in [-0.3, -0.25) is 24.3 Å². The van der Waals surface area contributed by atoms with E-state index in [1.165, 1.54) is 0 Å². The largest absolute Gasteiger partial charge is 0.382 e. The van der Waals surface area contributed by atoms with Crippen molar-refractivity contribution in [3.05, 3.63) is 22.6 Å². The van der Waals surface area contributed by atoms with E-state index in [-0.39, 0.29) is 17.3 Å².